The average Bonchev–Trinajstić information content (AvgIpc) is 2.71. The molecule has 6 nitrogen and oxygen atoms in total. The molecule has 0 heterocycles. The van der Waals surface area contributed by atoms with E-state index in [2.05, 4.69) is 13.8 Å². The van der Waals surface area contributed by atoms with Crippen molar-refractivity contribution < 1.29 is 29.0 Å². The Morgan fingerprint density at radius 1 is 0.833 bits per heavy atom. The number of hydrogen-bond donors (Lipinski definition) is 1. The first-order chi connectivity index (χ1) is 14.5. The van der Waals surface area contributed by atoms with Crippen LogP contribution in [0, 0.1) is 0 Å². The standard InChI is InChI=1S/C21H43O6PS2/c1-4-7-9-11-13-15-17-24-26-28(29,30-20(6-3)19-21(22)23)27-25-18-16-14-12-10-8-5-2/h20H,4-19H2,1-3H3,(H,22,23). The molecule has 0 aliphatic carbocycles. The fourth-order valence-electron chi connectivity index (χ4n) is 2.77. The molecular formula is C21H43O6PS2. The molecule has 0 aromatic heterocycles. The van der Waals surface area contributed by atoms with Gasteiger partial charge in [-0.1, -0.05) is 96.4 Å². The molecule has 0 bridgehead atoms. The largest absolute Gasteiger partial charge is 0.481 e. The molecule has 0 saturated carbocycles. The van der Waals surface area contributed by atoms with Crippen LogP contribution in [0.4, 0.5) is 0 Å². The molecule has 9 heteroatoms. The molecule has 0 spiro atoms. The first-order valence-electron chi connectivity index (χ1n) is 11.6. The lowest BCUT2D eigenvalue weighted by atomic mass is 10.1. The highest BCUT2D eigenvalue weighted by atomic mass is 32.9. The van der Waals surface area contributed by atoms with Gasteiger partial charge in [0.25, 0.3) is 0 Å². The maximum Gasteiger partial charge on any atom is 0.307 e. The van der Waals surface area contributed by atoms with E-state index in [0.29, 0.717) is 19.6 Å². The van der Waals surface area contributed by atoms with Gasteiger partial charge in [-0.3, -0.25) is 4.79 Å². The van der Waals surface area contributed by atoms with Crippen LogP contribution in [0.25, 0.3) is 0 Å². The van der Waals surface area contributed by atoms with Gasteiger partial charge >= 0.3 is 11.7 Å². The minimum absolute atomic E-state index is 0.00112. The van der Waals surface area contributed by atoms with Crippen molar-refractivity contribution in [3.63, 3.8) is 0 Å². The second-order valence-electron chi connectivity index (χ2n) is 7.51. The third-order valence-electron chi connectivity index (χ3n) is 4.59. The molecule has 0 saturated heterocycles. The summed E-state index contributed by atoms with van der Waals surface area (Å²) < 4.78 is 11.0. The van der Waals surface area contributed by atoms with Crippen molar-refractivity contribution in [1.29, 1.82) is 0 Å². The number of hydrogen-bond acceptors (Lipinski definition) is 7. The summed E-state index contributed by atoms with van der Waals surface area (Å²) in [6, 6.07) is 0. The highest BCUT2D eigenvalue weighted by molar-refractivity contribution is 8.68. The quantitative estimate of drug-likeness (QED) is 0.0678. The van der Waals surface area contributed by atoms with Crippen LogP contribution < -0.4 is 0 Å². The first-order valence-corrected chi connectivity index (χ1v) is 15.7. The Bertz CT molecular complexity index is 429. The molecule has 30 heavy (non-hydrogen) atoms. The van der Waals surface area contributed by atoms with Gasteiger partial charge in [-0.15, -0.1) is 0 Å². The summed E-state index contributed by atoms with van der Waals surface area (Å²) in [5, 5.41) is 8.90. The van der Waals surface area contributed by atoms with E-state index >= 15 is 0 Å². The molecular weight excluding hydrogens is 443 g/mol. The van der Waals surface area contributed by atoms with E-state index in [9.17, 15) is 4.79 Å². The summed E-state index contributed by atoms with van der Waals surface area (Å²) >= 11 is 6.78. The van der Waals surface area contributed by atoms with Gasteiger partial charge in [0.1, 0.15) is 0 Å². The number of carboxylic acids is 1. The molecule has 0 aromatic rings. The van der Waals surface area contributed by atoms with Gasteiger partial charge in [-0.05, 0) is 31.1 Å². The van der Waals surface area contributed by atoms with Crippen LogP contribution in [-0.4, -0.2) is 29.5 Å². The monoisotopic (exact) mass is 486 g/mol. The van der Waals surface area contributed by atoms with Gasteiger partial charge in [0.15, 0.2) is 0 Å². The Morgan fingerprint density at radius 3 is 1.67 bits per heavy atom. The van der Waals surface area contributed by atoms with Gasteiger partial charge in [-0.2, -0.15) is 9.35 Å². The smallest absolute Gasteiger partial charge is 0.307 e. The van der Waals surface area contributed by atoms with Crippen molar-refractivity contribution >= 4 is 34.9 Å². The van der Waals surface area contributed by atoms with E-state index < -0.39 is 11.7 Å². The fraction of sp³-hybridized carbons (Fsp3) is 0.952. The predicted molar refractivity (Wildman–Crippen MR) is 129 cm³/mol. The van der Waals surface area contributed by atoms with Crippen LogP contribution in [0.3, 0.4) is 0 Å². The SMILES string of the molecule is CCCCCCCCOOP(=S)(OOCCCCCCCC)SC(CC)CC(=O)O. The summed E-state index contributed by atoms with van der Waals surface area (Å²) in [7, 11) is 0. The minimum atomic E-state index is -2.94. The molecule has 1 N–H and O–H groups in total. The Morgan fingerprint density at radius 2 is 1.27 bits per heavy atom. The topological polar surface area (TPSA) is 74.2 Å². The van der Waals surface area contributed by atoms with Crippen LogP contribution in [-0.2, 0) is 35.7 Å². The molecule has 0 fully saturated rings. The van der Waals surface area contributed by atoms with E-state index in [4.69, 9.17) is 36.0 Å². The Balaban J connectivity index is 4.33. The number of unbranched alkanes of at least 4 members (excludes halogenated alkanes) is 10. The van der Waals surface area contributed by atoms with Gasteiger partial charge in [0, 0.05) is 5.25 Å². The van der Waals surface area contributed by atoms with Crippen molar-refractivity contribution in [1.82, 2.24) is 0 Å². The highest BCUT2D eigenvalue weighted by Crippen LogP contribution is 2.64. The summed E-state index contributed by atoms with van der Waals surface area (Å²) in [5.41, 5.74) is -2.94. The summed E-state index contributed by atoms with van der Waals surface area (Å²) in [4.78, 5) is 21.8. The van der Waals surface area contributed by atoms with Crippen LogP contribution in [0.2, 0.25) is 0 Å². The third-order valence-corrected chi connectivity index (χ3v) is 9.39. The minimum Gasteiger partial charge on any atom is -0.481 e. The van der Waals surface area contributed by atoms with Crippen molar-refractivity contribution in [2.75, 3.05) is 13.2 Å². The van der Waals surface area contributed by atoms with Crippen LogP contribution in [0.15, 0.2) is 0 Å². The lowest BCUT2D eigenvalue weighted by Gasteiger charge is -2.22. The molecule has 0 radical (unpaired) electrons. The second-order valence-corrected chi connectivity index (χ2v) is 13.8. The van der Waals surface area contributed by atoms with Crippen LogP contribution in [0.5, 0.6) is 0 Å². The lowest BCUT2D eigenvalue weighted by molar-refractivity contribution is -0.253. The lowest BCUT2D eigenvalue weighted by Crippen LogP contribution is -2.10. The Hall–Kier alpha value is 0.310. The summed E-state index contributed by atoms with van der Waals surface area (Å²) in [6.07, 6.45) is 14.5. The molecule has 0 rings (SSSR count). The number of carbonyl (C=O) groups is 1. The van der Waals surface area contributed by atoms with E-state index in [0.717, 1.165) is 25.7 Å². The van der Waals surface area contributed by atoms with E-state index in [1.807, 2.05) is 6.92 Å². The molecule has 1 atom stereocenters. The highest BCUT2D eigenvalue weighted by Gasteiger charge is 2.29. The second kappa shape index (κ2) is 21.2. The zero-order chi connectivity index (χ0) is 22.5. The number of rotatable bonds is 23. The van der Waals surface area contributed by atoms with Crippen molar-refractivity contribution in [2.24, 2.45) is 0 Å². The zero-order valence-electron chi connectivity index (χ0n) is 19.1. The normalized spacial score (nSPS) is 12.9. The van der Waals surface area contributed by atoms with E-state index in [-0.39, 0.29) is 11.7 Å². The maximum atomic E-state index is 11.1. The Labute approximate surface area is 192 Å². The summed E-state index contributed by atoms with van der Waals surface area (Å²) in [5.74, 6) is -0.864. The third kappa shape index (κ3) is 19.0. The van der Waals surface area contributed by atoms with Gasteiger partial charge < -0.3 is 5.11 Å². The first kappa shape index (κ1) is 30.3. The molecule has 180 valence electrons. The predicted octanol–water partition coefficient (Wildman–Crippen LogP) is 7.81. The van der Waals surface area contributed by atoms with Crippen LogP contribution >= 0.6 is 17.1 Å². The van der Waals surface area contributed by atoms with Gasteiger partial charge in [-0.25, -0.2) is 9.78 Å². The van der Waals surface area contributed by atoms with E-state index in [1.165, 1.54) is 62.7 Å². The van der Waals surface area contributed by atoms with E-state index in [1.54, 1.807) is 0 Å². The molecule has 0 amide bonds. The number of aliphatic carboxylic acids is 1. The fourth-order valence-corrected chi connectivity index (χ4v) is 7.59. The summed E-state index contributed by atoms with van der Waals surface area (Å²) in [6.45, 7) is 7.21. The maximum absolute atomic E-state index is 11.1. The Kier molecular flexibility index (Phi) is 21.4. The van der Waals surface area contributed by atoms with Gasteiger partial charge in [0.2, 0.25) is 0 Å². The average molecular weight is 487 g/mol. The molecule has 1 unspecified atom stereocenters. The molecule has 0 aliphatic heterocycles. The molecule has 0 aliphatic rings. The van der Waals surface area contributed by atoms with Crippen molar-refractivity contribution in [3.8, 4) is 0 Å². The molecule has 0 aromatic carbocycles. The van der Waals surface area contributed by atoms with Crippen LogP contribution in [0.1, 0.15) is 111 Å². The zero-order valence-corrected chi connectivity index (χ0v) is 21.7. The van der Waals surface area contributed by atoms with Crippen molar-refractivity contribution in [2.45, 2.75) is 116 Å². The van der Waals surface area contributed by atoms with Crippen molar-refractivity contribution in [3.05, 3.63) is 0 Å². The number of carboxylic acid groups (broad SMARTS) is 1. The van der Waals surface area contributed by atoms with Gasteiger partial charge in [0.05, 0.1) is 19.6 Å².